The van der Waals surface area contributed by atoms with Crippen LogP contribution in [0.15, 0.2) is 46.9 Å². The number of halogens is 3. The van der Waals surface area contributed by atoms with Gasteiger partial charge in [0, 0.05) is 24.1 Å². The molecule has 1 aliphatic heterocycles. The Hall–Kier alpha value is -0.580. The smallest absolute Gasteiger partial charge is 0.0643 e. The highest BCUT2D eigenvalue weighted by Crippen LogP contribution is 2.37. The minimum absolute atomic E-state index is 0.110. The van der Waals surface area contributed by atoms with Crippen LogP contribution in [-0.2, 0) is 0 Å². The summed E-state index contributed by atoms with van der Waals surface area (Å²) in [5.74, 6) is 0. The summed E-state index contributed by atoms with van der Waals surface area (Å²) in [5.41, 5.74) is 2.30. The minimum atomic E-state index is 0.110. The van der Waals surface area contributed by atoms with E-state index in [4.69, 9.17) is 23.2 Å². The predicted octanol–water partition coefficient (Wildman–Crippen LogP) is 5.14. The van der Waals surface area contributed by atoms with Crippen molar-refractivity contribution in [2.45, 2.75) is 12.5 Å². The zero-order chi connectivity index (χ0) is 16.2. The molecule has 1 aliphatic rings. The molecule has 0 aliphatic carbocycles. The lowest BCUT2D eigenvalue weighted by molar-refractivity contribution is 0.241. The molecule has 0 bridgehead atoms. The molecule has 0 aromatic heterocycles. The van der Waals surface area contributed by atoms with Gasteiger partial charge in [0.05, 0.1) is 16.1 Å². The van der Waals surface area contributed by atoms with Gasteiger partial charge in [-0.1, -0.05) is 63.4 Å². The molecule has 5 heteroatoms. The Morgan fingerprint density at radius 2 is 1.87 bits per heavy atom. The van der Waals surface area contributed by atoms with E-state index in [1.807, 2.05) is 18.2 Å². The van der Waals surface area contributed by atoms with Gasteiger partial charge in [0.15, 0.2) is 0 Å². The van der Waals surface area contributed by atoms with Crippen molar-refractivity contribution in [3.8, 4) is 0 Å². The second-order valence-electron chi connectivity index (χ2n) is 5.74. The van der Waals surface area contributed by atoms with Crippen molar-refractivity contribution in [3.05, 3.63) is 68.1 Å². The number of nitrogens with zero attached hydrogens (tertiary/aromatic N) is 1. The van der Waals surface area contributed by atoms with Crippen LogP contribution in [0.2, 0.25) is 10.0 Å². The number of nitrogens with one attached hydrogen (secondary N) is 1. The van der Waals surface area contributed by atoms with Crippen molar-refractivity contribution in [2.24, 2.45) is 0 Å². The van der Waals surface area contributed by atoms with Gasteiger partial charge < -0.3 is 5.32 Å². The molecule has 1 unspecified atom stereocenters. The fourth-order valence-corrected chi connectivity index (χ4v) is 3.95. The van der Waals surface area contributed by atoms with Gasteiger partial charge in [-0.05, 0) is 42.3 Å². The summed E-state index contributed by atoms with van der Waals surface area (Å²) in [4.78, 5) is 2.49. The van der Waals surface area contributed by atoms with E-state index >= 15 is 0 Å². The van der Waals surface area contributed by atoms with E-state index in [2.05, 4.69) is 50.4 Å². The molecule has 1 N–H and O–H groups in total. The second-order valence-corrected chi connectivity index (χ2v) is 7.44. The van der Waals surface area contributed by atoms with Gasteiger partial charge in [0.25, 0.3) is 0 Å². The standard InChI is InChI=1S/C18H19BrCl2N2/c19-14-5-1-4-13(12-14)18(23-10-3-8-22-9-11-23)15-6-2-7-16(20)17(15)21/h1-2,4-7,12,18,22H,3,8-11H2. The highest BCUT2D eigenvalue weighted by atomic mass is 79.9. The van der Waals surface area contributed by atoms with Gasteiger partial charge in [-0.25, -0.2) is 0 Å². The molecule has 2 aromatic carbocycles. The van der Waals surface area contributed by atoms with Crippen molar-refractivity contribution in [1.82, 2.24) is 10.2 Å². The fourth-order valence-electron chi connectivity index (χ4n) is 3.12. The quantitative estimate of drug-likeness (QED) is 0.749. The van der Waals surface area contributed by atoms with Crippen molar-refractivity contribution in [3.63, 3.8) is 0 Å². The molecule has 1 fully saturated rings. The van der Waals surface area contributed by atoms with E-state index in [0.29, 0.717) is 10.0 Å². The first-order valence-electron chi connectivity index (χ1n) is 7.81. The minimum Gasteiger partial charge on any atom is -0.315 e. The Bertz CT molecular complexity index is 670. The van der Waals surface area contributed by atoms with Gasteiger partial charge in [-0.15, -0.1) is 0 Å². The Morgan fingerprint density at radius 1 is 1.04 bits per heavy atom. The maximum Gasteiger partial charge on any atom is 0.0643 e. The summed E-state index contributed by atoms with van der Waals surface area (Å²) >= 11 is 16.4. The topological polar surface area (TPSA) is 15.3 Å². The van der Waals surface area contributed by atoms with Gasteiger partial charge in [-0.3, -0.25) is 4.90 Å². The molecule has 0 saturated carbocycles. The van der Waals surface area contributed by atoms with Crippen molar-refractivity contribution < 1.29 is 0 Å². The molecule has 2 aromatic rings. The molecule has 0 radical (unpaired) electrons. The van der Waals surface area contributed by atoms with Gasteiger partial charge in [0.2, 0.25) is 0 Å². The molecule has 3 rings (SSSR count). The highest BCUT2D eigenvalue weighted by Gasteiger charge is 2.25. The van der Waals surface area contributed by atoms with Crippen molar-refractivity contribution >= 4 is 39.1 Å². The number of hydrogen-bond acceptors (Lipinski definition) is 2. The second kappa shape index (κ2) is 8.00. The predicted molar refractivity (Wildman–Crippen MR) is 102 cm³/mol. The summed E-state index contributed by atoms with van der Waals surface area (Å²) in [6.45, 7) is 4.07. The van der Waals surface area contributed by atoms with E-state index in [0.717, 1.165) is 42.6 Å². The third kappa shape index (κ3) is 4.09. The van der Waals surface area contributed by atoms with Crippen LogP contribution in [0, 0.1) is 0 Å². The fraction of sp³-hybridized carbons (Fsp3) is 0.333. The van der Waals surface area contributed by atoms with Crippen molar-refractivity contribution in [2.75, 3.05) is 26.2 Å². The Morgan fingerprint density at radius 3 is 2.70 bits per heavy atom. The van der Waals surface area contributed by atoms with E-state index in [1.165, 1.54) is 5.56 Å². The normalized spacial score (nSPS) is 17.7. The summed E-state index contributed by atoms with van der Waals surface area (Å²) in [6, 6.07) is 14.5. The Labute approximate surface area is 155 Å². The first-order valence-corrected chi connectivity index (χ1v) is 9.36. The molecule has 0 spiro atoms. The molecular formula is C18H19BrCl2N2. The molecule has 1 atom stereocenters. The number of rotatable bonds is 3. The van der Waals surface area contributed by atoms with Crippen LogP contribution in [0.25, 0.3) is 0 Å². The molecule has 2 nitrogen and oxygen atoms in total. The zero-order valence-corrected chi connectivity index (χ0v) is 15.8. The van der Waals surface area contributed by atoms with E-state index in [1.54, 1.807) is 0 Å². The summed E-state index contributed by atoms with van der Waals surface area (Å²) in [7, 11) is 0. The van der Waals surface area contributed by atoms with Crippen LogP contribution in [0.4, 0.5) is 0 Å². The van der Waals surface area contributed by atoms with Gasteiger partial charge in [-0.2, -0.15) is 0 Å². The van der Waals surface area contributed by atoms with E-state index < -0.39 is 0 Å². The van der Waals surface area contributed by atoms with Crippen LogP contribution in [0.5, 0.6) is 0 Å². The molecule has 23 heavy (non-hydrogen) atoms. The highest BCUT2D eigenvalue weighted by molar-refractivity contribution is 9.10. The number of hydrogen-bond donors (Lipinski definition) is 1. The zero-order valence-electron chi connectivity index (χ0n) is 12.7. The van der Waals surface area contributed by atoms with Crippen LogP contribution >= 0.6 is 39.1 Å². The Balaban J connectivity index is 2.07. The molecular weight excluding hydrogens is 395 g/mol. The molecule has 122 valence electrons. The number of benzene rings is 2. The molecule has 1 saturated heterocycles. The monoisotopic (exact) mass is 412 g/mol. The average Bonchev–Trinajstić information content (AvgIpc) is 2.81. The molecule has 0 amide bonds. The third-order valence-electron chi connectivity index (χ3n) is 4.18. The largest absolute Gasteiger partial charge is 0.315 e. The lowest BCUT2D eigenvalue weighted by Gasteiger charge is -2.32. The van der Waals surface area contributed by atoms with Crippen LogP contribution in [0.1, 0.15) is 23.6 Å². The third-order valence-corrected chi connectivity index (χ3v) is 5.51. The first kappa shape index (κ1) is 17.2. The van der Waals surface area contributed by atoms with Gasteiger partial charge >= 0.3 is 0 Å². The summed E-state index contributed by atoms with van der Waals surface area (Å²) in [5, 5.41) is 4.72. The summed E-state index contributed by atoms with van der Waals surface area (Å²) in [6.07, 6.45) is 1.13. The SMILES string of the molecule is Clc1cccc(C(c2cccc(Br)c2)N2CCCNCC2)c1Cl. The lowest BCUT2D eigenvalue weighted by atomic mass is 9.96. The first-order chi connectivity index (χ1) is 11.2. The van der Waals surface area contributed by atoms with Crippen LogP contribution < -0.4 is 5.32 Å². The molecule has 1 heterocycles. The maximum atomic E-state index is 6.55. The van der Waals surface area contributed by atoms with Crippen LogP contribution in [-0.4, -0.2) is 31.1 Å². The summed E-state index contributed by atoms with van der Waals surface area (Å²) < 4.78 is 1.08. The average molecular weight is 414 g/mol. The van der Waals surface area contributed by atoms with Crippen LogP contribution in [0.3, 0.4) is 0 Å². The Kier molecular flexibility index (Phi) is 6.00. The van der Waals surface area contributed by atoms with Gasteiger partial charge in [0.1, 0.15) is 0 Å². The maximum absolute atomic E-state index is 6.55. The van der Waals surface area contributed by atoms with Crippen molar-refractivity contribution in [1.29, 1.82) is 0 Å². The lowest BCUT2D eigenvalue weighted by Crippen LogP contribution is -2.33. The van der Waals surface area contributed by atoms with E-state index in [-0.39, 0.29) is 6.04 Å². The van der Waals surface area contributed by atoms with E-state index in [9.17, 15) is 0 Å².